The molecule has 2 aromatic carbocycles. The summed E-state index contributed by atoms with van der Waals surface area (Å²) in [5.41, 5.74) is 1.06. The van der Waals surface area contributed by atoms with E-state index in [1.165, 1.54) is 7.11 Å². The first-order chi connectivity index (χ1) is 9.24. The molecule has 0 aliphatic carbocycles. The largest absolute Gasteiger partial charge is 1.00 e. The van der Waals surface area contributed by atoms with Gasteiger partial charge in [0.2, 0.25) is 0 Å². The van der Waals surface area contributed by atoms with Crippen molar-refractivity contribution in [2.75, 3.05) is 19.5 Å². The number of nitrogens with one attached hydrogen (secondary N) is 1. The predicted molar refractivity (Wildman–Crippen MR) is 72.8 cm³/mol. The summed E-state index contributed by atoms with van der Waals surface area (Å²) < 4.78 is 10.2. The van der Waals surface area contributed by atoms with Crippen LogP contribution in [-0.2, 0) is 0 Å². The Labute approximate surface area is 130 Å². The van der Waals surface area contributed by atoms with Crippen molar-refractivity contribution in [1.82, 2.24) is 0 Å². The molecular formula is C15H14LiNO3. The Morgan fingerprint density at radius 1 is 1.10 bits per heavy atom. The minimum absolute atomic E-state index is 0. The van der Waals surface area contributed by atoms with Crippen LogP contribution in [0, 0.1) is 6.07 Å². The van der Waals surface area contributed by atoms with Crippen LogP contribution in [0.3, 0.4) is 0 Å². The van der Waals surface area contributed by atoms with E-state index >= 15 is 0 Å². The van der Waals surface area contributed by atoms with Gasteiger partial charge in [0, 0.05) is 11.4 Å². The van der Waals surface area contributed by atoms with E-state index in [1.807, 2.05) is 0 Å². The molecule has 0 bridgehead atoms. The zero-order valence-corrected chi connectivity index (χ0v) is 11.8. The summed E-state index contributed by atoms with van der Waals surface area (Å²) in [7, 11) is 3.12. The number of rotatable bonds is 4. The fourth-order valence-electron chi connectivity index (χ4n) is 1.64. The fraction of sp³-hybridized carbons (Fsp3) is 0.133. The Kier molecular flexibility index (Phi) is 6.17. The normalized spacial score (nSPS) is 9.30. The molecule has 1 amide bonds. The number of benzene rings is 2. The molecule has 0 radical (unpaired) electrons. The van der Waals surface area contributed by atoms with Gasteiger partial charge in [0.25, 0.3) is 0 Å². The number of amides is 1. The molecule has 0 heterocycles. The van der Waals surface area contributed by atoms with Crippen molar-refractivity contribution in [3.05, 3.63) is 54.1 Å². The molecule has 20 heavy (non-hydrogen) atoms. The molecule has 5 heteroatoms. The molecule has 1 N–H and O–H groups in total. The second kappa shape index (κ2) is 7.64. The third kappa shape index (κ3) is 3.80. The van der Waals surface area contributed by atoms with Crippen molar-refractivity contribution in [2.24, 2.45) is 0 Å². The van der Waals surface area contributed by atoms with Crippen molar-refractivity contribution in [3.63, 3.8) is 0 Å². The van der Waals surface area contributed by atoms with Gasteiger partial charge in [0.15, 0.2) is 5.91 Å². The smallest absolute Gasteiger partial charge is 0.540 e. The van der Waals surface area contributed by atoms with E-state index in [9.17, 15) is 4.79 Å². The van der Waals surface area contributed by atoms with Gasteiger partial charge >= 0.3 is 18.9 Å². The van der Waals surface area contributed by atoms with Gasteiger partial charge in [-0.05, 0) is 29.8 Å². The van der Waals surface area contributed by atoms with E-state index in [4.69, 9.17) is 9.47 Å². The van der Waals surface area contributed by atoms with Crippen molar-refractivity contribution < 1.29 is 33.1 Å². The molecule has 0 saturated carbocycles. The van der Waals surface area contributed by atoms with Gasteiger partial charge in [-0.15, -0.1) is 24.3 Å². The standard InChI is InChI=1S/C15H14NO3.Li/c1-18-12-9-7-11(8-10-12)16-15(17)13-5-3-4-6-14(13)19-2;/h3-4,6-10H,1-2H3,(H,16,17);/q-1;+1. The van der Waals surface area contributed by atoms with Crippen LogP contribution in [0.25, 0.3) is 0 Å². The number of methoxy groups -OCH3 is 2. The van der Waals surface area contributed by atoms with E-state index in [0.29, 0.717) is 17.0 Å². The van der Waals surface area contributed by atoms with Gasteiger partial charge < -0.3 is 19.6 Å². The van der Waals surface area contributed by atoms with Crippen LogP contribution in [0.5, 0.6) is 11.5 Å². The zero-order chi connectivity index (χ0) is 13.7. The average Bonchev–Trinajstić information content (AvgIpc) is 2.48. The molecule has 0 aliphatic rings. The SMILES string of the molecule is COc1ccc(NC(=O)c2[c-]cccc2OC)cc1.[Li+]. The van der Waals surface area contributed by atoms with Crippen LogP contribution < -0.4 is 33.7 Å². The summed E-state index contributed by atoms with van der Waals surface area (Å²) in [5.74, 6) is 0.970. The van der Waals surface area contributed by atoms with Crippen LogP contribution >= 0.6 is 0 Å². The third-order valence-corrected chi connectivity index (χ3v) is 2.61. The number of hydrogen-bond acceptors (Lipinski definition) is 3. The molecule has 98 valence electrons. The van der Waals surface area contributed by atoms with Gasteiger partial charge in [0.05, 0.1) is 14.2 Å². The maximum absolute atomic E-state index is 12.1. The molecule has 0 fully saturated rings. The number of ether oxygens (including phenoxy) is 2. The Morgan fingerprint density at radius 3 is 2.40 bits per heavy atom. The Bertz CT molecular complexity index is 570. The number of hydrogen-bond donors (Lipinski definition) is 1. The Hall–Kier alpha value is -1.89. The van der Waals surface area contributed by atoms with Gasteiger partial charge in [-0.2, -0.15) is 0 Å². The zero-order valence-electron chi connectivity index (χ0n) is 11.8. The van der Waals surface area contributed by atoms with E-state index in [1.54, 1.807) is 49.6 Å². The first kappa shape index (κ1) is 16.2. The van der Waals surface area contributed by atoms with Crippen molar-refractivity contribution in [1.29, 1.82) is 0 Å². The summed E-state index contributed by atoms with van der Waals surface area (Å²) in [6.45, 7) is 0. The van der Waals surface area contributed by atoms with E-state index in [0.717, 1.165) is 5.75 Å². The molecule has 0 spiro atoms. The molecule has 0 unspecified atom stereocenters. The average molecular weight is 263 g/mol. The molecule has 2 rings (SSSR count). The molecule has 0 saturated heterocycles. The summed E-state index contributed by atoms with van der Waals surface area (Å²) in [4.78, 5) is 12.1. The van der Waals surface area contributed by atoms with Crippen LogP contribution in [0.1, 0.15) is 10.4 Å². The molecule has 0 aliphatic heterocycles. The fourth-order valence-corrected chi connectivity index (χ4v) is 1.64. The van der Waals surface area contributed by atoms with Gasteiger partial charge in [-0.3, -0.25) is 0 Å². The third-order valence-electron chi connectivity index (χ3n) is 2.61. The minimum Gasteiger partial charge on any atom is -0.540 e. The Balaban J connectivity index is 0.00000200. The monoisotopic (exact) mass is 263 g/mol. The summed E-state index contributed by atoms with van der Waals surface area (Å²) in [5, 5.41) is 2.78. The first-order valence-electron chi connectivity index (χ1n) is 5.74. The molecular weight excluding hydrogens is 249 g/mol. The quantitative estimate of drug-likeness (QED) is 0.612. The predicted octanol–water partition coefficient (Wildman–Crippen LogP) is -0.240. The van der Waals surface area contributed by atoms with Crippen LogP contribution in [-0.4, -0.2) is 20.1 Å². The summed E-state index contributed by atoms with van der Waals surface area (Å²) in [6, 6.07) is 15.1. The van der Waals surface area contributed by atoms with E-state index < -0.39 is 0 Å². The minimum atomic E-state index is -0.261. The van der Waals surface area contributed by atoms with Crippen molar-refractivity contribution in [3.8, 4) is 11.5 Å². The Morgan fingerprint density at radius 2 is 1.80 bits per heavy atom. The topological polar surface area (TPSA) is 47.6 Å². The number of anilines is 1. The number of carbonyl (C=O) groups is 1. The van der Waals surface area contributed by atoms with Gasteiger partial charge in [-0.1, -0.05) is 0 Å². The van der Waals surface area contributed by atoms with Crippen LogP contribution in [0.15, 0.2) is 42.5 Å². The van der Waals surface area contributed by atoms with Crippen molar-refractivity contribution in [2.45, 2.75) is 0 Å². The van der Waals surface area contributed by atoms with Crippen molar-refractivity contribution >= 4 is 11.6 Å². The number of carbonyl (C=O) groups excluding carboxylic acids is 1. The second-order valence-corrected chi connectivity index (χ2v) is 3.80. The van der Waals surface area contributed by atoms with Gasteiger partial charge in [-0.25, -0.2) is 0 Å². The summed E-state index contributed by atoms with van der Waals surface area (Å²) in [6.07, 6.45) is 0. The molecule has 2 aromatic rings. The second-order valence-electron chi connectivity index (χ2n) is 3.80. The van der Waals surface area contributed by atoms with Crippen LogP contribution in [0.2, 0.25) is 0 Å². The molecule has 0 aromatic heterocycles. The molecule has 0 atom stereocenters. The van der Waals surface area contributed by atoms with E-state index in [-0.39, 0.29) is 24.8 Å². The van der Waals surface area contributed by atoms with E-state index in [2.05, 4.69) is 11.4 Å². The molecule has 4 nitrogen and oxygen atoms in total. The van der Waals surface area contributed by atoms with Gasteiger partial charge in [0.1, 0.15) is 5.75 Å². The summed E-state index contributed by atoms with van der Waals surface area (Å²) >= 11 is 0. The maximum atomic E-state index is 12.1. The maximum Gasteiger partial charge on any atom is 1.00 e. The first-order valence-corrected chi connectivity index (χ1v) is 5.74. The van der Waals surface area contributed by atoms with Crippen LogP contribution in [0.4, 0.5) is 5.69 Å².